The van der Waals surface area contributed by atoms with Crippen molar-refractivity contribution in [3.8, 4) is 0 Å². The van der Waals surface area contributed by atoms with E-state index in [0.717, 1.165) is 29.1 Å². The molecule has 2 unspecified atom stereocenters. The molecule has 4 rings (SSSR count). The van der Waals surface area contributed by atoms with Crippen LogP contribution in [0.25, 0.3) is 0 Å². The van der Waals surface area contributed by atoms with Gasteiger partial charge in [0.05, 0.1) is 24.2 Å². The number of carbonyl (C=O) groups is 2. The van der Waals surface area contributed by atoms with Crippen LogP contribution in [-0.2, 0) is 28.3 Å². The van der Waals surface area contributed by atoms with Gasteiger partial charge in [-0.25, -0.2) is 4.98 Å². The summed E-state index contributed by atoms with van der Waals surface area (Å²) in [4.78, 5) is 35.9. The summed E-state index contributed by atoms with van der Waals surface area (Å²) >= 11 is 0. The number of fused-ring (bicyclic) bond motifs is 2. The molecule has 4 heterocycles. The third-order valence-electron chi connectivity index (χ3n) is 5.91. The topological polar surface area (TPSA) is 89.3 Å². The molecule has 0 bridgehead atoms. The standard InChI is InChI=1S/C20H25N5O3/c1-5-20(3)14-8-16(21-9-13(14)10-28-20)17(26)23-15-6-7-25-11-22-12(2)18(25)24(4)19(15)27/h8-9,11,15H,5-7,10H2,1-4H3,(H,23,26). The second kappa shape index (κ2) is 6.70. The zero-order valence-electron chi connectivity index (χ0n) is 16.7. The Bertz CT molecular complexity index is 953. The normalized spacial score (nSPS) is 23.9. The van der Waals surface area contributed by atoms with Crippen molar-refractivity contribution in [1.82, 2.24) is 19.9 Å². The largest absolute Gasteiger partial charge is 0.366 e. The molecular formula is C20H25N5O3. The Morgan fingerprint density at radius 1 is 1.43 bits per heavy atom. The van der Waals surface area contributed by atoms with Crippen LogP contribution in [-0.4, -0.2) is 39.4 Å². The van der Waals surface area contributed by atoms with E-state index in [1.54, 1.807) is 30.5 Å². The van der Waals surface area contributed by atoms with Crippen LogP contribution in [0.4, 0.5) is 5.82 Å². The maximum Gasteiger partial charge on any atom is 0.270 e. The van der Waals surface area contributed by atoms with Gasteiger partial charge in [0, 0.05) is 25.4 Å². The lowest BCUT2D eigenvalue weighted by Gasteiger charge is -2.23. The number of nitrogens with zero attached hydrogens (tertiary/aromatic N) is 4. The molecule has 8 heteroatoms. The van der Waals surface area contributed by atoms with Crippen LogP contribution in [0.5, 0.6) is 0 Å². The summed E-state index contributed by atoms with van der Waals surface area (Å²) in [6.45, 7) is 7.06. The highest BCUT2D eigenvalue weighted by atomic mass is 16.5. The highest BCUT2D eigenvalue weighted by molar-refractivity contribution is 6.01. The van der Waals surface area contributed by atoms with Crippen molar-refractivity contribution < 1.29 is 14.3 Å². The maximum atomic E-state index is 12.9. The van der Waals surface area contributed by atoms with E-state index in [9.17, 15) is 9.59 Å². The molecule has 2 aliphatic rings. The van der Waals surface area contributed by atoms with Gasteiger partial charge >= 0.3 is 0 Å². The van der Waals surface area contributed by atoms with Crippen LogP contribution < -0.4 is 10.2 Å². The number of likely N-dealkylation sites (N-methyl/N-ethyl adjacent to an activating group) is 1. The predicted octanol–water partition coefficient (Wildman–Crippen LogP) is 1.91. The van der Waals surface area contributed by atoms with E-state index in [4.69, 9.17) is 4.74 Å². The zero-order chi connectivity index (χ0) is 20.1. The van der Waals surface area contributed by atoms with Crippen LogP contribution in [0.2, 0.25) is 0 Å². The minimum atomic E-state index is -0.610. The van der Waals surface area contributed by atoms with E-state index in [0.29, 0.717) is 25.3 Å². The lowest BCUT2D eigenvalue weighted by atomic mass is 9.92. The summed E-state index contributed by atoms with van der Waals surface area (Å²) in [5, 5.41) is 2.87. The summed E-state index contributed by atoms with van der Waals surface area (Å²) in [6, 6.07) is 1.18. The van der Waals surface area contributed by atoms with E-state index in [2.05, 4.69) is 22.2 Å². The molecule has 2 aliphatic heterocycles. The number of imidazole rings is 1. The molecule has 2 atom stereocenters. The molecule has 0 aliphatic carbocycles. The van der Waals surface area contributed by atoms with Gasteiger partial charge in [-0.3, -0.25) is 19.5 Å². The fourth-order valence-corrected chi connectivity index (χ4v) is 3.99. The molecule has 0 radical (unpaired) electrons. The minimum Gasteiger partial charge on any atom is -0.366 e. The average molecular weight is 383 g/mol. The Morgan fingerprint density at radius 3 is 2.96 bits per heavy atom. The van der Waals surface area contributed by atoms with Gasteiger partial charge in [0.1, 0.15) is 17.6 Å². The van der Waals surface area contributed by atoms with Crippen LogP contribution in [0.3, 0.4) is 0 Å². The van der Waals surface area contributed by atoms with E-state index in [1.807, 2.05) is 18.4 Å². The number of ether oxygens (including phenoxy) is 1. The van der Waals surface area contributed by atoms with Crippen molar-refractivity contribution in [3.05, 3.63) is 41.1 Å². The third kappa shape index (κ3) is 2.88. The summed E-state index contributed by atoms with van der Waals surface area (Å²) in [6.07, 6.45) is 4.74. The SMILES string of the molecule is CCC1(C)OCc2cnc(C(=O)NC3CCn4cnc(C)c4N(C)C3=O)cc21. The highest BCUT2D eigenvalue weighted by Gasteiger charge is 2.36. The van der Waals surface area contributed by atoms with Gasteiger partial charge in [-0.15, -0.1) is 0 Å². The smallest absolute Gasteiger partial charge is 0.270 e. The van der Waals surface area contributed by atoms with Crippen molar-refractivity contribution >= 4 is 17.6 Å². The van der Waals surface area contributed by atoms with Crippen LogP contribution in [0.1, 0.15) is 54.0 Å². The van der Waals surface area contributed by atoms with Gasteiger partial charge in [-0.05, 0) is 38.3 Å². The van der Waals surface area contributed by atoms with Crippen LogP contribution in [0.15, 0.2) is 18.6 Å². The molecule has 28 heavy (non-hydrogen) atoms. The quantitative estimate of drug-likeness (QED) is 0.875. The monoisotopic (exact) mass is 383 g/mol. The number of pyridine rings is 1. The summed E-state index contributed by atoms with van der Waals surface area (Å²) in [7, 11) is 1.71. The van der Waals surface area contributed by atoms with Gasteiger partial charge in [-0.2, -0.15) is 0 Å². The van der Waals surface area contributed by atoms with Gasteiger partial charge in [0.2, 0.25) is 0 Å². The van der Waals surface area contributed by atoms with Gasteiger partial charge in [-0.1, -0.05) is 6.92 Å². The fourth-order valence-electron chi connectivity index (χ4n) is 3.99. The van der Waals surface area contributed by atoms with Gasteiger partial charge < -0.3 is 14.6 Å². The lowest BCUT2D eigenvalue weighted by Crippen LogP contribution is -2.47. The molecule has 0 saturated carbocycles. The number of aromatic nitrogens is 3. The van der Waals surface area contributed by atoms with Gasteiger partial charge in [0.25, 0.3) is 11.8 Å². The lowest BCUT2D eigenvalue weighted by molar-refractivity contribution is -0.120. The predicted molar refractivity (Wildman–Crippen MR) is 103 cm³/mol. The molecule has 0 saturated heterocycles. The number of hydrogen-bond donors (Lipinski definition) is 1. The molecule has 1 N–H and O–H groups in total. The number of nitrogens with one attached hydrogen (secondary N) is 1. The first-order valence-corrected chi connectivity index (χ1v) is 9.57. The molecular weight excluding hydrogens is 358 g/mol. The van der Waals surface area contributed by atoms with Gasteiger partial charge in [0.15, 0.2) is 0 Å². The van der Waals surface area contributed by atoms with Crippen molar-refractivity contribution in [2.24, 2.45) is 0 Å². The number of rotatable bonds is 3. The second-order valence-electron chi connectivity index (χ2n) is 7.66. The van der Waals surface area contributed by atoms with E-state index in [1.165, 1.54) is 0 Å². The molecule has 0 aromatic carbocycles. The van der Waals surface area contributed by atoms with Crippen molar-refractivity contribution in [1.29, 1.82) is 0 Å². The fraction of sp³-hybridized carbons (Fsp3) is 0.500. The van der Waals surface area contributed by atoms with E-state index in [-0.39, 0.29) is 11.8 Å². The summed E-state index contributed by atoms with van der Waals surface area (Å²) in [5.41, 5.74) is 2.70. The van der Waals surface area contributed by atoms with E-state index >= 15 is 0 Å². The Kier molecular flexibility index (Phi) is 4.45. The molecule has 8 nitrogen and oxygen atoms in total. The number of aryl methyl sites for hydroxylation is 2. The number of carbonyl (C=O) groups excluding carboxylic acids is 2. The Labute approximate surface area is 163 Å². The molecule has 0 fully saturated rings. The highest BCUT2D eigenvalue weighted by Crippen LogP contribution is 2.38. The molecule has 148 valence electrons. The second-order valence-corrected chi connectivity index (χ2v) is 7.66. The average Bonchev–Trinajstić information content (AvgIpc) is 3.20. The number of hydrogen-bond acceptors (Lipinski definition) is 5. The first-order chi connectivity index (χ1) is 13.3. The van der Waals surface area contributed by atoms with Crippen LogP contribution >= 0.6 is 0 Å². The Morgan fingerprint density at radius 2 is 2.21 bits per heavy atom. The third-order valence-corrected chi connectivity index (χ3v) is 5.91. The van der Waals surface area contributed by atoms with E-state index < -0.39 is 11.6 Å². The summed E-state index contributed by atoms with van der Waals surface area (Å²) < 4.78 is 7.83. The number of anilines is 1. The van der Waals surface area contributed by atoms with Crippen molar-refractivity contribution in [3.63, 3.8) is 0 Å². The van der Waals surface area contributed by atoms with Crippen LogP contribution in [0, 0.1) is 6.92 Å². The zero-order valence-corrected chi connectivity index (χ0v) is 16.7. The first kappa shape index (κ1) is 18.6. The first-order valence-electron chi connectivity index (χ1n) is 9.57. The van der Waals surface area contributed by atoms with Crippen molar-refractivity contribution in [2.75, 3.05) is 11.9 Å². The molecule has 0 spiro atoms. The Hall–Kier alpha value is -2.74. The summed E-state index contributed by atoms with van der Waals surface area (Å²) in [5.74, 6) is 0.271. The number of amides is 2. The molecule has 2 aromatic rings. The Balaban J connectivity index is 1.55. The van der Waals surface area contributed by atoms with Crippen molar-refractivity contribution in [2.45, 2.75) is 58.4 Å². The molecule has 2 aromatic heterocycles. The minimum absolute atomic E-state index is 0.154. The maximum absolute atomic E-state index is 12.9. The molecule has 2 amide bonds.